The molecule has 6 heteroatoms. The van der Waals surface area contributed by atoms with E-state index in [1.54, 1.807) is 6.92 Å². The number of carbonyl (C=O) groups is 2. The first-order valence-electron chi connectivity index (χ1n) is 5.89. The van der Waals surface area contributed by atoms with Crippen molar-refractivity contribution in [3.8, 4) is 0 Å². The SMILES string of the molecule is COC(=O)NC(=O)[C@@H](C)[NH+](C)Cc1ccc(Br)cc1. The number of alkyl carbamates (subject to hydrolysis) is 1. The zero-order valence-corrected chi connectivity index (χ0v) is 12.8. The fourth-order valence-electron chi connectivity index (χ4n) is 1.56. The van der Waals surface area contributed by atoms with E-state index in [9.17, 15) is 9.59 Å². The molecular formula is C13H18BrN2O3+. The zero-order valence-electron chi connectivity index (χ0n) is 11.2. The van der Waals surface area contributed by atoms with Crippen molar-refractivity contribution in [1.82, 2.24) is 5.32 Å². The van der Waals surface area contributed by atoms with Crippen LogP contribution in [0.15, 0.2) is 28.7 Å². The summed E-state index contributed by atoms with van der Waals surface area (Å²) in [4.78, 5) is 23.7. The van der Waals surface area contributed by atoms with Gasteiger partial charge >= 0.3 is 6.09 Å². The molecule has 0 bridgehead atoms. The molecule has 0 aliphatic carbocycles. The third-order valence-electron chi connectivity index (χ3n) is 2.94. The Labute approximate surface area is 121 Å². The van der Waals surface area contributed by atoms with Gasteiger partial charge in [-0.15, -0.1) is 0 Å². The average Bonchev–Trinajstić information content (AvgIpc) is 2.40. The quantitative estimate of drug-likeness (QED) is 0.856. The first-order valence-corrected chi connectivity index (χ1v) is 6.69. The minimum atomic E-state index is -0.728. The number of ether oxygens (including phenoxy) is 1. The van der Waals surface area contributed by atoms with Crippen molar-refractivity contribution in [3.63, 3.8) is 0 Å². The predicted molar refractivity (Wildman–Crippen MR) is 74.7 cm³/mol. The van der Waals surface area contributed by atoms with E-state index in [0.29, 0.717) is 6.54 Å². The molecule has 0 aliphatic rings. The van der Waals surface area contributed by atoms with Crippen molar-refractivity contribution in [2.45, 2.75) is 19.5 Å². The number of quaternary nitrogens is 1. The summed E-state index contributed by atoms with van der Waals surface area (Å²) in [6.07, 6.45) is -0.728. The number of rotatable bonds is 4. The van der Waals surface area contributed by atoms with Crippen LogP contribution in [0.3, 0.4) is 0 Å². The molecule has 2 N–H and O–H groups in total. The Morgan fingerprint density at radius 1 is 1.37 bits per heavy atom. The van der Waals surface area contributed by atoms with Gasteiger partial charge in [0.25, 0.3) is 5.91 Å². The van der Waals surface area contributed by atoms with Gasteiger partial charge in [-0.05, 0) is 19.1 Å². The third-order valence-corrected chi connectivity index (χ3v) is 3.47. The van der Waals surface area contributed by atoms with Crippen LogP contribution in [0.25, 0.3) is 0 Å². The molecule has 1 unspecified atom stereocenters. The Morgan fingerprint density at radius 3 is 2.47 bits per heavy atom. The van der Waals surface area contributed by atoms with Gasteiger partial charge in [0.15, 0.2) is 6.04 Å². The third kappa shape index (κ3) is 5.00. The molecule has 0 spiro atoms. The molecule has 5 nitrogen and oxygen atoms in total. The van der Waals surface area contributed by atoms with Crippen LogP contribution in [-0.2, 0) is 16.1 Å². The number of carbonyl (C=O) groups excluding carboxylic acids is 2. The van der Waals surface area contributed by atoms with Crippen molar-refractivity contribution < 1.29 is 19.2 Å². The molecule has 1 rings (SSSR count). The maximum atomic E-state index is 11.8. The lowest BCUT2D eigenvalue weighted by Crippen LogP contribution is -3.12. The summed E-state index contributed by atoms with van der Waals surface area (Å²) in [5.74, 6) is -0.346. The summed E-state index contributed by atoms with van der Waals surface area (Å²) in [6, 6.07) is 7.57. The number of methoxy groups -OCH3 is 1. The lowest BCUT2D eigenvalue weighted by Gasteiger charge is -2.20. The van der Waals surface area contributed by atoms with Crippen LogP contribution in [0.4, 0.5) is 4.79 Å². The fourth-order valence-corrected chi connectivity index (χ4v) is 1.83. The number of amides is 2. The van der Waals surface area contributed by atoms with Crippen LogP contribution in [0.2, 0.25) is 0 Å². The molecule has 0 saturated carbocycles. The summed E-state index contributed by atoms with van der Waals surface area (Å²) in [6.45, 7) is 2.47. The molecule has 0 saturated heterocycles. The number of nitrogens with one attached hydrogen (secondary N) is 2. The number of halogens is 1. The van der Waals surface area contributed by atoms with Gasteiger partial charge in [0, 0.05) is 10.0 Å². The van der Waals surface area contributed by atoms with Crippen LogP contribution < -0.4 is 10.2 Å². The van der Waals surface area contributed by atoms with E-state index < -0.39 is 6.09 Å². The van der Waals surface area contributed by atoms with E-state index in [-0.39, 0.29) is 11.9 Å². The molecule has 2 atom stereocenters. The number of hydrogen-bond acceptors (Lipinski definition) is 3. The molecule has 0 heterocycles. The van der Waals surface area contributed by atoms with Crippen LogP contribution >= 0.6 is 15.9 Å². The summed E-state index contributed by atoms with van der Waals surface area (Å²) in [5.41, 5.74) is 1.12. The molecule has 1 aromatic carbocycles. The van der Waals surface area contributed by atoms with Crippen molar-refractivity contribution >= 4 is 27.9 Å². The molecule has 0 aliphatic heterocycles. The summed E-state index contributed by atoms with van der Waals surface area (Å²) >= 11 is 3.38. The van der Waals surface area contributed by atoms with Gasteiger partial charge < -0.3 is 9.64 Å². The van der Waals surface area contributed by atoms with Crippen molar-refractivity contribution in [1.29, 1.82) is 0 Å². The van der Waals surface area contributed by atoms with E-state index in [2.05, 4.69) is 26.0 Å². The molecule has 0 aromatic heterocycles. The molecular weight excluding hydrogens is 312 g/mol. The van der Waals surface area contributed by atoms with Gasteiger partial charge in [0.1, 0.15) is 6.54 Å². The first kappa shape index (κ1) is 15.7. The standard InChI is InChI=1S/C13H17BrN2O3/c1-9(12(17)15-13(18)19-3)16(2)8-10-4-6-11(14)7-5-10/h4-7,9H,8H2,1-3H3,(H,15,17,18)/p+1/t9-/m1/s1. The maximum Gasteiger partial charge on any atom is 0.413 e. The number of benzene rings is 1. The van der Waals surface area contributed by atoms with Gasteiger partial charge in [-0.1, -0.05) is 28.1 Å². The maximum absolute atomic E-state index is 11.8. The van der Waals surface area contributed by atoms with E-state index in [0.717, 1.165) is 14.9 Å². The summed E-state index contributed by atoms with van der Waals surface area (Å²) in [7, 11) is 3.13. The number of hydrogen-bond donors (Lipinski definition) is 2. The highest BCUT2D eigenvalue weighted by Gasteiger charge is 2.23. The highest BCUT2D eigenvalue weighted by Crippen LogP contribution is 2.09. The lowest BCUT2D eigenvalue weighted by molar-refractivity contribution is -0.908. The van der Waals surface area contributed by atoms with Gasteiger partial charge in [-0.2, -0.15) is 0 Å². The van der Waals surface area contributed by atoms with Crippen LogP contribution in [-0.4, -0.2) is 32.2 Å². The second kappa shape index (κ2) is 7.25. The Morgan fingerprint density at radius 2 is 1.95 bits per heavy atom. The van der Waals surface area contributed by atoms with Gasteiger partial charge in [0.05, 0.1) is 14.2 Å². The second-order valence-corrected chi connectivity index (χ2v) is 5.27. The van der Waals surface area contributed by atoms with Crippen LogP contribution in [0.5, 0.6) is 0 Å². The summed E-state index contributed by atoms with van der Waals surface area (Å²) < 4.78 is 5.42. The van der Waals surface area contributed by atoms with Crippen molar-refractivity contribution in [2.24, 2.45) is 0 Å². The number of imide groups is 1. The fraction of sp³-hybridized carbons (Fsp3) is 0.385. The van der Waals surface area contributed by atoms with Gasteiger partial charge in [-0.3, -0.25) is 10.1 Å². The molecule has 0 fully saturated rings. The first-order chi connectivity index (χ1) is 8.93. The minimum absolute atomic E-state index is 0.345. The lowest BCUT2D eigenvalue weighted by atomic mass is 10.2. The Balaban J connectivity index is 2.56. The highest BCUT2D eigenvalue weighted by molar-refractivity contribution is 9.10. The van der Waals surface area contributed by atoms with Crippen LogP contribution in [0.1, 0.15) is 12.5 Å². The smallest absolute Gasteiger partial charge is 0.413 e. The monoisotopic (exact) mass is 329 g/mol. The zero-order chi connectivity index (χ0) is 14.4. The Kier molecular flexibility index (Phi) is 5.98. The minimum Gasteiger partial charge on any atom is -0.453 e. The van der Waals surface area contributed by atoms with Crippen molar-refractivity contribution in [3.05, 3.63) is 34.3 Å². The van der Waals surface area contributed by atoms with E-state index >= 15 is 0 Å². The Hall–Kier alpha value is -1.40. The largest absolute Gasteiger partial charge is 0.453 e. The van der Waals surface area contributed by atoms with E-state index in [1.165, 1.54) is 7.11 Å². The van der Waals surface area contributed by atoms with E-state index in [4.69, 9.17) is 0 Å². The number of likely N-dealkylation sites (N-methyl/N-ethyl adjacent to an activating group) is 1. The highest BCUT2D eigenvalue weighted by atomic mass is 79.9. The second-order valence-electron chi connectivity index (χ2n) is 4.35. The normalized spacial score (nSPS) is 13.5. The topological polar surface area (TPSA) is 59.8 Å². The molecule has 1 aromatic rings. The molecule has 104 valence electrons. The van der Waals surface area contributed by atoms with E-state index in [1.807, 2.05) is 31.3 Å². The molecule has 0 radical (unpaired) electrons. The predicted octanol–water partition coefficient (Wildman–Crippen LogP) is 0.735. The Bertz CT molecular complexity index is 448. The average molecular weight is 330 g/mol. The van der Waals surface area contributed by atoms with Gasteiger partial charge in [0.2, 0.25) is 0 Å². The van der Waals surface area contributed by atoms with Crippen molar-refractivity contribution in [2.75, 3.05) is 14.2 Å². The summed E-state index contributed by atoms with van der Waals surface area (Å²) in [5, 5.41) is 2.18. The van der Waals surface area contributed by atoms with Gasteiger partial charge in [-0.25, -0.2) is 4.79 Å². The molecule has 2 amide bonds. The molecule has 19 heavy (non-hydrogen) atoms. The van der Waals surface area contributed by atoms with Crippen LogP contribution in [0, 0.1) is 0 Å².